The van der Waals surface area contributed by atoms with Gasteiger partial charge in [0.25, 0.3) is 0 Å². The van der Waals surface area contributed by atoms with E-state index in [9.17, 15) is 9.18 Å². The van der Waals surface area contributed by atoms with Crippen LogP contribution in [0.3, 0.4) is 0 Å². The summed E-state index contributed by atoms with van der Waals surface area (Å²) < 4.78 is 20.9. The number of amides is 1. The zero-order valence-electron chi connectivity index (χ0n) is 14.4. The third-order valence-corrected chi connectivity index (χ3v) is 3.91. The van der Waals surface area contributed by atoms with Crippen LogP contribution in [0.2, 0.25) is 0 Å². The van der Waals surface area contributed by atoms with Gasteiger partial charge in [-0.25, -0.2) is 9.07 Å². The predicted molar refractivity (Wildman–Crippen MR) is 93.8 cm³/mol. The van der Waals surface area contributed by atoms with Gasteiger partial charge in [-0.3, -0.25) is 4.79 Å². The maximum Gasteiger partial charge on any atom is 0.227 e. The Morgan fingerprint density at radius 1 is 1.19 bits per heavy atom. The Morgan fingerprint density at radius 3 is 2.77 bits per heavy atom. The summed E-state index contributed by atoms with van der Waals surface area (Å²) in [7, 11) is 0. The highest BCUT2D eigenvalue weighted by atomic mass is 19.1. The van der Waals surface area contributed by atoms with E-state index in [0.717, 1.165) is 5.56 Å². The highest BCUT2D eigenvalue weighted by molar-refractivity contribution is 5.91. The van der Waals surface area contributed by atoms with Crippen molar-refractivity contribution in [2.24, 2.45) is 0 Å². The molecule has 0 fully saturated rings. The summed E-state index contributed by atoms with van der Waals surface area (Å²) >= 11 is 0. The molecule has 0 aliphatic rings. The van der Waals surface area contributed by atoms with Gasteiger partial charge in [-0.15, -0.1) is 5.10 Å². The van der Waals surface area contributed by atoms with Gasteiger partial charge in [-0.05, 0) is 65.7 Å². The molecule has 0 spiro atoms. The standard InChI is InChI=1S/C18H18FN5O2/c1-12-3-5-15(9-13(12)2)26-8-7-18(25)21-17-10-14(4-6-16(17)19)24-11-20-22-23-24/h3-6,9-11H,7-8H2,1-2H3,(H,21,25). The van der Waals surface area contributed by atoms with Gasteiger partial charge < -0.3 is 10.1 Å². The van der Waals surface area contributed by atoms with Crippen molar-refractivity contribution in [3.63, 3.8) is 0 Å². The van der Waals surface area contributed by atoms with Gasteiger partial charge in [0.2, 0.25) is 5.91 Å². The molecule has 3 aromatic rings. The SMILES string of the molecule is Cc1ccc(OCCC(=O)Nc2cc(-n3cnnn3)ccc2F)cc1C. The monoisotopic (exact) mass is 355 g/mol. The zero-order chi connectivity index (χ0) is 18.5. The summed E-state index contributed by atoms with van der Waals surface area (Å²) in [6, 6.07) is 9.97. The minimum Gasteiger partial charge on any atom is -0.493 e. The van der Waals surface area contributed by atoms with Crippen molar-refractivity contribution in [2.75, 3.05) is 11.9 Å². The number of benzene rings is 2. The molecule has 0 aliphatic heterocycles. The first kappa shape index (κ1) is 17.5. The molecule has 1 aromatic heterocycles. The molecule has 1 N–H and O–H groups in total. The number of hydrogen-bond donors (Lipinski definition) is 1. The van der Waals surface area contributed by atoms with Crippen LogP contribution in [0.4, 0.5) is 10.1 Å². The zero-order valence-corrected chi connectivity index (χ0v) is 14.4. The van der Waals surface area contributed by atoms with Gasteiger partial charge in [0.1, 0.15) is 17.9 Å². The molecule has 0 aliphatic carbocycles. The number of tetrazole rings is 1. The van der Waals surface area contributed by atoms with E-state index < -0.39 is 5.82 Å². The number of anilines is 1. The molecule has 26 heavy (non-hydrogen) atoms. The lowest BCUT2D eigenvalue weighted by Crippen LogP contribution is -2.16. The minimum absolute atomic E-state index is 0.0641. The minimum atomic E-state index is -0.537. The quantitative estimate of drug-likeness (QED) is 0.735. The summed E-state index contributed by atoms with van der Waals surface area (Å²) in [6.07, 6.45) is 1.48. The van der Waals surface area contributed by atoms with Crippen LogP contribution in [0.5, 0.6) is 5.75 Å². The Balaban J connectivity index is 1.57. The van der Waals surface area contributed by atoms with Crippen molar-refractivity contribution in [3.8, 4) is 11.4 Å². The lowest BCUT2D eigenvalue weighted by Gasteiger charge is -2.10. The molecule has 134 valence electrons. The number of aromatic nitrogens is 4. The highest BCUT2D eigenvalue weighted by Crippen LogP contribution is 2.19. The van der Waals surface area contributed by atoms with Gasteiger partial charge in [0.15, 0.2) is 0 Å². The van der Waals surface area contributed by atoms with Gasteiger partial charge in [0, 0.05) is 0 Å². The second kappa shape index (κ2) is 7.73. The molecule has 0 atom stereocenters. The van der Waals surface area contributed by atoms with E-state index in [1.54, 1.807) is 0 Å². The Kier molecular flexibility index (Phi) is 5.21. The van der Waals surface area contributed by atoms with Crippen molar-refractivity contribution in [1.29, 1.82) is 0 Å². The number of rotatable bonds is 6. The number of ether oxygens (including phenoxy) is 1. The van der Waals surface area contributed by atoms with Crippen molar-refractivity contribution in [2.45, 2.75) is 20.3 Å². The molecule has 1 amide bonds. The molecule has 3 rings (SSSR count). The van der Waals surface area contributed by atoms with Crippen LogP contribution in [-0.2, 0) is 4.79 Å². The fraction of sp³-hybridized carbons (Fsp3) is 0.222. The number of aryl methyl sites for hydroxylation is 2. The van der Waals surface area contributed by atoms with E-state index in [0.29, 0.717) is 11.4 Å². The fourth-order valence-electron chi connectivity index (χ4n) is 2.31. The molecule has 0 bridgehead atoms. The topological polar surface area (TPSA) is 81.9 Å². The summed E-state index contributed by atoms with van der Waals surface area (Å²) in [5.74, 6) is -0.181. The van der Waals surface area contributed by atoms with Crippen molar-refractivity contribution in [3.05, 3.63) is 59.7 Å². The molecule has 0 saturated carbocycles. The number of nitrogens with zero attached hydrogens (tertiary/aromatic N) is 4. The van der Waals surface area contributed by atoms with Crippen molar-refractivity contribution >= 4 is 11.6 Å². The van der Waals surface area contributed by atoms with Crippen molar-refractivity contribution < 1.29 is 13.9 Å². The van der Waals surface area contributed by atoms with Gasteiger partial charge in [0.05, 0.1) is 24.4 Å². The lowest BCUT2D eigenvalue weighted by atomic mass is 10.1. The van der Waals surface area contributed by atoms with Crippen LogP contribution in [0.25, 0.3) is 5.69 Å². The molecule has 0 radical (unpaired) electrons. The molecule has 8 heteroatoms. The summed E-state index contributed by atoms with van der Waals surface area (Å²) in [5.41, 5.74) is 2.90. The van der Waals surface area contributed by atoms with Gasteiger partial charge >= 0.3 is 0 Å². The highest BCUT2D eigenvalue weighted by Gasteiger charge is 2.10. The number of carbonyl (C=O) groups excluding carboxylic acids is 1. The maximum absolute atomic E-state index is 13.9. The number of nitrogens with one attached hydrogen (secondary N) is 1. The average Bonchev–Trinajstić information content (AvgIpc) is 3.14. The molecular formula is C18H18FN5O2. The van der Waals surface area contributed by atoms with Crippen LogP contribution in [0.1, 0.15) is 17.5 Å². The number of halogens is 1. The van der Waals surface area contributed by atoms with E-state index >= 15 is 0 Å². The third kappa shape index (κ3) is 4.21. The molecule has 0 unspecified atom stereocenters. The lowest BCUT2D eigenvalue weighted by molar-refractivity contribution is -0.116. The second-order valence-corrected chi connectivity index (χ2v) is 5.81. The fourth-order valence-corrected chi connectivity index (χ4v) is 2.31. The first-order chi connectivity index (χ1) is 12.5. The number of carbonyl (C=O) groups is 1. The van der Waals surface area contributed by atoms with E-state index in [1.807, 2.05) is 32.0 Å². The van der Waals surface area contributed by atoms with Crippen LogP contribution in [0.15, 0.2) is 42.7 Å². The van der Waals surface area contributed by atoms with E-state index in [2.05, 4.69) is 20.8 Å². The first-order valence-electron chi connectivity index (χ1n) is 8.06. The summed E-state index contributed by atoms with van der Waals surface area (Å²) in [5, 5.41) is 13.3. The summed E-state index contributed by atoms with van der Waals surface area (Å²) in [6.45, 7) is 4.21. The maximum atomic E-state index is 13.9. The Morgan fingerprint density at radius 2 is 2.04 bits per heavy atom. The van der Waals surface area contributed by atoms with Crippen LogP contribution < -0.4 is 10.1 Å². The van der Waals surface area contributed by atoms with Crippen LogP contribution in [-0.4, -0.2) is 32.7 Å². The third-order valence-electron chi connectivity index (χ3n) is 3.91. The largest absolute Gasteiger partial charge is 0.493 e. The second-order valence-electron chi connectivity index (χ2n) is 5.81. The Labute approximate surface area is 149 Å². The van der Waals surface area contributed by atoms with Gasteiger partial charge in [-0.2, -0.15) is 0 Å². The first-order valence-corrected chi connectivity index (χ1v) is 8.06. The average molecular weight is 355 g/mol. The molecule has 1 heterocycles. The normalized spacial score (nSPS) is 10.6. The van der Waals surface area contributed by atoms with Crippen LogP contribution >= 0.6 is 0 Å². The van der Waals surface area contributed by atoms with Gasteiger partial charge in [-0.1, -0.05) is 6.07 Å². The Bertz CT molecular complexity index is 912. The molecular weight excluding hydrogens is 337 g/mol. The number of hydrogen-bond acceptors (Lipinski definition) is 5. The van der Waals surface area contributed by atoms with E-state index in [4.69, 9.17) is 4.74 Å². The molecule has 0 saturated heterocycles. The van der Waals surface area contributed by atoms with Crippen molar-refractivity contribution in [1.82, 2.24) is 20.2 Å². The van der Waals surface area contributed by atoms with E-state index in [1.165, 1.54) is 34.8 Å². The van der Waals surface area contributed by atoms with E-state index in [-0.39, 0.29) is 24.6 Å². The summed E-state index contributed by atoms with van der Waals surface area (Å²) in [4.78, 5) is 12.1. The predicted octanol–water partition coefficient (Wildman–Crippen LogP) is 2.83. The smallest absolute Gasteiger partial charge is 0.227 e. The van der Waals surface area contributed by atoms with Crippen LogP contribution in [0, 0.1) is 19.7 Å². The molecule has 2 aromatic carbocycles. The Hall–Kier alpha value is -3.29. The molecule has 7 nitrogen and oxygen atoms in total.